The standard InChI is InChI=1S/C23H32N6O4S/c1-18-24-22(17-26(18)2)34(32,33)29-10-8-19(9-11-29)23(31)28-14-12-27(13-15-28)16-21(30)25-20-6-4-3-5-7-20/h3-7,17,19H,8-16H2,1-2H3,(H,25,30). The molecule has 0 unspecified atom stereocenters. The molecule has 2 fully saturated rings. The molecule has 11 heteroatoms. The smallest absolute Gasteiger partial charge is 0.262 e. The maximum Gasteiger partial charge on any atom is 0.262 e. The Balaban J connectivity index is 1.23. The van der Waals surface area contributed by atoms with Gasteiger partial charge in [0.15, 0.2) is 5.03 Å². The van der Waals surface area contributed by atoms with E-state index >= 15 is 0 Å². The van der Waals surface area contributed by atoms with Crippen LogP contribution in [0.25, 0.3) is 0 Å². The molecule has 10 nitrogen and oxygen atoms in total. The lowest BCUT2D eigenvalue weighted by atomic mass is 9.96. The highest BCUT2D eigenvalue weighted by Crippen LogP contribution is 2.25. The van der Waals surface area contributed by atoms with Gasteiger partial charge in [-0.15, -0.1) is 0 Å². The van der Waals surface area contributed by atoms with E-state index in [0.717, 1.165) is 5.69 Å². The molecule has 1 N–H and O–H groups in total. The number of nitrogens with one attached hydrogen (secondary N) is 1. The van der Waals surface area contributed by atoms with Gasteiger partial charge in [0.1, 0.15) is 5.82 Å². The van der Waals surface area contributed by atoms with Crippen LogP contribution in [-0.2, 0) is 26.7 Å². The van der Waals surface area contributed by atoms with E-state index in [0.29, 0.717) is 64.5 Å². The fourth-order valence-corrected chi connectivity index (χ4v) is 5.93. The Morgan fingerprint density at radius 2 is 1.68 bits per heavy atom. The topological polar surface area (TPSA) is 108 Å². The third-order valence-corrected chi connectivity index (χ3v) is 8.37. The number of aromatic nitrogens is 2. The van der Waals surface area contributed by atoms with Gasteiger partial charge in [0, 0.05) is 64.1 Å². The van der Waals surface area contributed by atoms with Crippen molar-refractivity contribution in [2.24, 2.45) is 13.0 Å². The molecule has 34 heavy (non-hydrogen) atoms. The third kappa shape index (κ3) is 5.48. The third-order valence-electron chi connectivity index (χ3n) is 6.60. The summed E-state index contributed by atoms with van der Waals surface area (Å²) in [7, 11) is -1.88. The van der Waals surface area contributed by atoms with Crippen molar-refractivity contribution in [3.63, 3.8) is 0 Å². The van der Waals surface area contributed by atoms with Gasteiger partial charge in [-0.2, -0.15) is 4.31 Å². The molecule has 2 aliphatic heterocycles. The van der Waals surface area contributed by atoms with E-state index in [1.165, 1.54) is 10.5 Å². The lowest BCUT2D eigenvalue weighted by Gasteiger charge is -2.38. The summed E-state index contributed by atoms with van der Waals surface area (Å²) in [6, 6.07) is 9.35. The second kappa shape index (κ2) is 10.2. The first kappa shape index (κ1) is 24.4. The summed E-state index contributed by atoms with van der Waals surface area (Å²) in [6.07, 6.45) is 2.54. The highest BCUT2D eigenvalue weighted by atomic mass is 32.2. The van der Waals surface area contributed by atoms with Gasteiger partial charge < -0.3 is 14.8 Å². The molecule has 0 bridgehead atoms. The van der Waals surface area contributed by atoms with Crippen LogP contribution in [0.5, 0.6) is 0 Å². The van der Waals surface area contributed by atoms with Crippen LogP contribution in [0.15, 0.2) is 41.6 Å². The van der Waals surface area contributed by atoms with E-state index in [-0.39, 0.29) is 22.8 Å². The van der Waals surface area contributed by atoms with Crippen molar-refractivity contribution in [3.8, 4) is 0 Å². The molecule has 0 saturated carbocycles. The maximum atomic E-state index is 13.0. The number of benzene rings is 1. The minimum absolute atomic E-state index is 0.0599. The van der Waals surface area contributed by atoms with Gasteiger partial charge in [0.2, 0.25) is 11.8 Å². The molecule has 2 saturated heterocycles. The summed E-state index contributed by atoms with van der Waals surface area (Å²) in [5.74, 6) is 0.479. The van der Waals surface area contributed by atoms with Gasteiger partial charge in [-0.25, -0.2) is 13.4 Å². The van der Waals surface area contributed by atoms with Crippen LogP contribution in [0, 0.1) is 12.8 Å². The van der Waals surface area contributed by atoms with Gasteiger partial charge >= 0.3 is 0 Å². The molecule has 2 aliphatic rings. The zero-order valence-corrected chi connectivity index (χ0v) is 20.5. The Morgan fingerprint density at radius 1 is 1.03 bits per heavy atom. The molecular weight excluding hydrogens is 456 g/mol. The fraction of sp³-hybridized carbons (Fsp3) is 0.522. The number of anilines is 1. The molecule has 0 atom stereocenters. The number of nitrogens with zero attached hydrogens (tertiary/aromatic N) is 5. The van der Waals surface area contributed by atoms with Gasteiger partial charge in [-0.3, -0.25) is 14.5 Å². The van der Waals surface area contributed by atoms with Crippen molar-refractivity contribution in [1.29, 1.82) is 0 Å². The van der Waals surface area contributed by atoms with Crippen LogP contribution in [0.2, 0.25) is 0 Å². The number of carbonyl (C=O) groups is 2. The van der Waals surface area contributed by atoms with Crippen molar-refractivity contribution in [3.05, 3.63) is 42.4 Å². The first-order chi connectivity index (χ1) is 16.2. The molecule has 2 amide bonds. The second-order valence-corrected chi connectivity index (χ2v) is 10.8. The van der Waals surface area contributed by atoms with Gasteiger partial charge in [-0.05, 0) is 31.9 Å². The summed E-state index contributed by atoms with van der Waals surface area (Å²) < 4.78 is 28.9. The number of imidazole rings is 1. The summed E-state index contributed by atoms with van der Waals surface area (Å²) >= 11 is 0. The van der Waals surface area contributed by atoms with Crippen molar-refractivity contribution in [1.82, 2.24) is 23.7 Å². The first-order valence-corrected chi connectivity index (χ1v) is 13.0. The molecular formula is C23H32N6O4S. The lowest BCUT2D eigenvalue weighted by molar-refractivity contribution is -0.138. The molecule has 4 rings (SSSR count). The molecule has 1 aromatic carbocycles. The first-order valence-electron chi connectivity index (χ1n) is 11.6. The van der Waals surface area contributed by atoms with Crippen LogP contribution in [0.4, 0.5) is 5.69 Å². The number of hydrogen-bond donors (Lipinski definition) is 1. The summed E-state index contributed by atoms with van der Waals surface area (Å²) in [5.41, 5.74) is 0.771. The Labute approximate surface area is 200 Å². The van der Waals surface area contributed by atoms with E-state index < -0.39 is 10.0 Å². The van der Waals surface area contributed by atoms with Crippen LogP contribution in [0.1, 0.15) is 18.7 Å². The summed E-state index contributed by atoms with van der Waals surface area (Å²) in [5, 5.41) is 2.95. The van der Waals surface area contributed by atoms with Crippen molar-refractivity contribution < 1.29 is 18.0 Å². The van der Waals surface area contributed by atoms with Crippen molar-refractivity contribution >= 4 is 27.5 Å². The van der Waals surface area contributed by atoms with E-state index in [9.17, 15) is 18.0 Å². The van der Waals surface area contributed by atoms with Crippen molar-refractivity contribution in [2.75, 3.05) is 51.1 Å². The Hall–Kier alpha value is -2.76. The minimum Gasteiger partial charge on any atom is -0.340 e. The Kier molecular flexibility index (Phi) is 7.34. The largest absolute Gasteiger partial charge is 0.340 e. The second-order valence-electron chi connectivity index (χ2n) is 8.93. The molecule has 3 heterocycles. The number of piperazine rings is 1. The van der Waals surface area contributed by atoms with E-state index in [1.807, 2.05) is 40.1 Å². The summed E-state index contributed by atoms with van der Waals surface area (Å²) in [4.78, 5) is 33.4. The average Bonchev–Trinajstić information content (AvgIpc) is 3.19. The predicted octanol–water partition coefficient (Wildman–Crippen LogP) is 0.912. The predicted molar refractivity (Wildman–Crippen MR) is 128 cm³/mol. The number of amides is 2. The fourth-order valence-electron chi connectivity index (χ4n) is 4.44. The number of hydrogen-bond acceptors (Lipinski definition) is 6. The minimum atomic E-state index is -3.65. The average molecular weight is 489 g/mol. The maximum absolute atomic E-state index is 13.0. The monoisotopic (exact) mass is 488 g/mol. The number of sulfonamides is 1. The number of carbonyl (C=O) groups excluding carboxylic acids is 2. The summed E-state index contributed by atoms with van der Waals surface area (Å²) in [6.45, 7) is 5.11. The van der Waals surface area contributed by atoms with Crippen molar-refractivity contribution in [2.45, 2.75) is 24.8 Å². The highest BCUT2D eigenvalue weighted by molar-refractivity contribution is 7.89. The molecule has 0 radical (unpaired) electrons. The van der Waals surface area contributed by atoms with E-state index in [2.05, 4.69) is 10.3 Å². The normalized spacial score (nSPS) is 18.7. The number of piperidine rings is 1. The number of rotatable bonds is 6. The van der Waals surface area contributed by atoms with Gasteiger partial charge in [0.25, 0.3) is 10.0 Å². The van der Waals surface area contributed by atoms with Crippen LogP contribution in [-0.4, -0.2) is 89.7 Å². The lowest BCUT2D eigenvalue weighted by Crippen LogP contribution is -2.53. The molecule has 1 aromatic heterocycles. The van der Waals surface area contributed by atoms with E-state index in [4.69, 9.17) is 0 Å². The quantitative estimate of drug-likeness (QED) is 0.648. The molecule has 2 aromatic rings. The molecule has 0 spiro atoms. The van der Waals surface area contributed by atoms with Crippen LogP contribution in [0.3, 0.4) is 0 Å². The van der Waals surface area contributed by atoms with Crippen LogP contribution < -0.4 is 5.32 Å². The van der Waals surface area contributed by atoms with Gasteiger partial charge in [-0.1, -0.05) is 18.2 Å². The van der Waals surface area contributed by atoms with Crippen LogP contribution >= 0.6 is 0 Å². The number of aryl methyl sites for hydroxylation is 2. The van der Waals surface area contributed by atoms with Gasteiger partial charge in [0.05, 0.1) is 6.54 Å². The highest BCUT2D eigenvalue weighted by Gasteiger charge is 2.35. The molecule has 0 aliphatic carbocycles. The zero-order chi connectivity index (χ0) is 24.3. The number of para-hydroxylation sites is 1. The zero-order valence-electron chi connectivity index (χ0n) is 19.7. The Morgan fingerprint density at radius 3 is 2.26 bits per heavy atom. The van der Waals surface area contributed by atoms with E-state index in [1.54, 1.807) is 18.5 Å². The molecule has 184 valence electrons. The Bertz CT molecular complexity index is 1100. The SMILES string of the molecule is Cc1nc(S(=O)(=O)N2CCC(C(=O)N3CCN(CC(=O)Nc4ccccc4)CC3)CC2)cn1C.